The van der Waals surface area contributed by atoms with Crippen LogP contribution in [0, 0.1) is 5.92 Å². The van der Waals surface area contributed by atoms with Crippen molar-refractivity contribution in [3.8, 4) is 0 Å². The number of hydrogen-bond acceptors (Lipinski definition) is 4. The second-order valence-electron chi connectivity index (χ2n) is 7.45. The number of sulfonamides is 1. The van der Waals surface area contributed by atoms with E-state index in [1.54, 1.807) is 7.05 Å². The van der Waals surface area contributed by atoms with Gasteiger partial charge in [-0.15, -0.1) is 0 Å². The van der Waals surface area contributed by atoms with E-state index in [4.69, 9.17) is 0 Å². The minimum atomic E-state index is -3.18. The number of urea groups is 1. The zero-order valence-electron chi connectivity index (χ0n) is 17.6. The van der Waals surface area contributed by atoms with Crippen LogP contribution in [0.4, 0.5) is 4.79 Å². The molecule has 0 saturated carbocycles. The SMILES string of the molecule is CCN(C)C(=O)N(C(=O)/C=C/C1CCN(S(C)(=O)=O)CC1)C(C)c1ccccc1. The lowest BCUT2D eigenvalue weighted by Crippen LogP contribution is -2.45. The molecule has 1 aromatic carbocycles. The summed E-state index contributed by atoms with van der Waals surface area (Å²) < 4.78 is 24.7. The van der Waals surface area contributed by atoms with Crippen LogP contribution in [0.1, 0.15) is 38.3 Å². The number of allylic oxidation sites excluding steroid dienone is 1. The van der Waals surface area contributed by atoms with Crippen molar-refractivity contribution < 1.29 is 18.0 Å². The molecule has 2 rings (SSSR count). The van der Waals surface area contributed by atoms with E-state index >= 15 is 0 Å². The van der Waals surface area contributed by atoms with Crippen LogP contribution in [0.2, 0.25) is 0 Å². The fourth-order valence-corrected chi connectivity index (χ4v) is 4.22. The van der Waals surface area contributed by atoms with Crippen LogP contribution >= 0.6 is 0 Å². The number of imide groups is 1. The molecule has 1 aromatic rings. The van der Waals surface area contributed by atoms with Crippen LogP contribution in [0.25, 0.3) is 0 Å². The van der Waals surface area contributed by atoms with E-state index in [1.165, 1.54) is 26.4 Å². The van der Waals surface area contributed by atoms with Crippen molar-refractivity contribution >= 4 is 22.0 Å². The van der Waals surface area contributed by atoms with Crippen molar-refractivity contribution in [3.63, 3.8) is 0 Å². The Kier molecular flexibility index (Phi) is 7.98. The van der Waals surface area contributed by atoms with Gasteiger partial charge in [-0.3, -0.25) is 9.69 Å². The van der Waals surface area contributed by atoms with Gasteiger partial charge in [0.2, 0.25) is 10.0 Å². The Labute approximate surface area is 174 Å². The first-order chi connectivity index (χ1) is 13.6. The quantitative estimate of drug-likeness (QED) is 0.662. The monoisotopic (exact) mass is 421 g/mol. The fourth-order valence-electron chi connectivity index (χ4n) is 3.35. The van der Waals surface area contributed by atoms with E-state index in [1.807, 2.05) is 50.3 Å². The standard InChI is InChI=1S/C21H31N3O4S/c1-5-22(3)21(26)24(17(2)19-9-7-6-8-10-19)20(25)12-11-18-13-15-23(16-14-18)29(4,27)28/h6-12,17-18H,5,13-16H2,1-4H3/b12-11+. The van der Waals surface area contributed by atoms with Gasteiger partial charge in [-0.1, -0.05) is 36.4 Å². The predicted octanol–water partition coefficient (Wildman–Crippen LogP) is 2.88. The molecule has 29 heavy (non-hydrogen) atoms. The Morgan fingerprint density at radius 2 is 1.79 bits per heavy atom. The molecule has 0 bridgehead atoms. The summed E-state index contributed by atoms with van der Waals surface area (Å²) in [5.41, 5.74) is 0.883. The minimum absolute atomic E-state index is 0.116. The highest BCUT2D eigenvalue weighted by atomic mass is 32.2. The predicted molar refractivity (Wildman–Crippen MR) is 114 cm³/mol. The third kappa shape index (κ3) is 6.14. The topological polar surface area (TPSA) is 78.0 Å². The van der Waals surface area contributed by atoms with Gasteiger partial charge in [0.15, 0.2) is 0 Å². The lowest BCUT2D eigenvalue weighted by Gasteiger charge is -2.31. The van der Waals surface area contributed by atoms with Crippen LogP contribution in [0.3, 0.4) is 0 Å². The molecule has 0 aliphatic carbocycles. The van der Waals surface area contributed by atoms with E-state index in [0.29, 0.717) is 32.5 Å². The average Bonchev–Trinajstić information content (AvgIpc) is 2.71. The van der Waals surface area contributed by atoms with Crippen LogP contribution in [0.15, 0.2) is 42.5 Å². The summed E-state index contributed by atoms with van der Waals surface area (Å²) in [6, 6.07) is 8.71. The van der Waals surface area contributed by atoms with Gasteiger partial charge in [-0.25, -0.2) is 17.5 Å². The largest absolute Gasteiger partial charge is 0.328 e. The first-order valence-corrected chi connectivity index (χ1v) is 11.8. The van der Waals surface area contributed by atoms with Crippen molar-refractivity contribution in [2.45, 2.75) is 32.7 Å². The molecule has 1 fully saturated rings. The maximum absolute atomic E-state index is 13.0. The van der Waals surface area contributed by atoms with Crippen molar-refractivity contribution in [1.82, 2.24) is 14.1 Å². The average molecular weight is 422 g/mol. The summed E-state index contributed by atoms with van der Waals surface area (Å²) in [5, 5.41) is 0. The van der Waals surface area contributed by atoms with E-state index in [-0.39, 0.29) is 17.9 Å². The molecule has 1 saturated heterocycles. The van der Waals surface area contributed by atoms with Crippen molar-refractivity contribution in [2.75, 3.05) is 32.9 Å². The molecule has 3 amide bonds. The van der Waals surface area contributed by atoms with Crippen molar-refractivity contribution in [3.05, 3.63) is 48.0 Å². The first kappa shape index (κ1) is 23.1. The van der Waals surface area contributed by atoms with Gasteiger partial charge < -0.3 is 4.90 Å². The summed E-state index contributed by atoms with van der Waals surface area (Å²) in [5.74, 6) is -0.248. The molecular weight excluding hydrogens is 390 g/mol. The molecule has 0 radical (unpaired) electrons. The normalized spacial score (nSPS) is 17.2. The van der Waals surface area contributed by atoms with Gasteiger partial charge in [0.1, 0.15) is 0 Å². The summed E-state index contributed by atoms with van der Waals surface area (Å²) in [7, 11) is -1.50. The molecule has 0 spiro atoms. The van der Waals surface area contributed by atoms with E-state index in [9.17, 15) is 18.0 Å². The van der Waals surface area contributed by atoms with E-state index in [2.05, 4.69) is 0 Å². The second-order valence-corrected chi connectivity index (χ2v) is 9.43. The highest BCUT2D eigenvalue weighted by molar-refractivity contribution is 7.88. The smallest absolute Gasteiger partial charge is 0.327 e. The maximum Gasteiger partial charge on any atom is 0.327 e. The Balaban J connectivity index is 2.13. The minimum Gasteiger partial charge on any atom is -0.328 e. The Morgan fingerprint density at radius 1 is 1.21 bits per heavy atom. The zero-order valence-corrected chi connectivity index (χ0v) is 18.4. The lowest BCUT2D eigenvalue weighted by molar-refractivity contribution is -0.125. The van der Waals surface area contributed by atoms with Crippen LogP contribution in [0.5, 0.6) is 0 Å². The van der Waals surface area contributed by atoms with Gasteiger partial charge in [0.25, 0.3) is 5.91 Å². The Bertz CT molecular complexity index is 831. The third-order valence-electron chi connectivity index (χ3n) is 5.39. The van der Waals surface area contributed by atoms with Crippen LogP contribution < -0.4 is 0 Å². The zero-order chi connectivity index (χ0) is 21.6. The van der Waals surface area contributed by atoms with E-state index < -0.39 is 16.1 Å². The fraction of sp³-hybridized carbons (Fsp3) is 0.524. The summed E-state index contributed by atoms with van der Waals surface area (Å²) in [6.45, 7) is 5.09. The Morgan fingerprint density at radius 3 is 2.31 bits per heavy atom. The summed E-state index contributed by atoms with van der Waals surface area (Å²) in [4.78, 5) is 28.6. The van der Waals surface area contributed by atoms with Gasteiger partial charge >= 0.3 is 6.03 Å². The summed E-state index contributed by atoms with van der Waals surface area (Å²) >= 11 is 0. The molecule has 0 aromatic heterocycles. The molecular formula is C21H31N3O4S. The molecule has 8 heteroatoms. The van der Waals surface area contributed by atoms with E-state index in [0.717, 1.165) is 5.56 Å². The number of carbonyl (C=O) groups excluding carboxylic acids is 2. The molecule has 1 aliphatic rings. The highest BCUT2D eigenvalue weighted by Crippen LogP contribution is 2.23. The number of hydrogen-bond donors (Lipinski definition) is 0. The lowest BCUT2D eigenvalue weighted by atomic mass is 9.97. The molecule has 1 atom stereocenters. The number of piperidine rings is 1. The molecule has 160 valence electrons. The molecule has 7 nitrogen and oxygen atoms in total. The Hall–Kier alpha value is -2.19. The first-order valence-electron chi connectivity index (χ1n) is 9.91. The number of rotatable bonds is 6. The van der Waals surface area contributed by atoms with Crippen LogP contribution in [-0.2, 0) is 14.8 Å². The molecule has 1 heterocycles. The second kappa shape index (κ2) is 10.0. The molecule has 0 N–H and O–H groups in total. The van der Waals surface area contributed by atoms with Crippen molar-refractivity contribution in [2.24, 2.45) is 5.92 Å². The third-order valence-corrected chi connectivity index (χ3v) is 6.70. The number of benzene rings is 1. The van der Waals surface area contributed by atoms with Crippen LogP contribution in [-0.4, -0.2) is 67.4 Å². The van der Waals surface area contributed by atoms with Crippen molar-refractivity contribution in [1.29, 1.82) is 0 Å². The number of amides is 3. The number of carbonyl (C=O) groups is 2. The van der Waals surface area contributed by atoms with Gasteiger partial charge in [0.05, 0.1) is 12.3 Å². The maximum atomic E-state index is 13.0. The van der Waals surface area contributed by atoms with Gasteiger partial charge in [0, 0.05) is 26.7 Å². The summed E-state index contributed by atoms with van der Waals surface area (Å²) in [6.07, 6.45) is 5.81. The number of nitrogens with zero attached hydrogens (tertiary/aromatic N) is 3. The van der Waals surface area contributed by atoms with Gasteiger partial charge in [-0.2, -0.15) is 0 Å². The molecule has 1 aliphatic heterocycles. The molecule has 1 unspecified atom stereocenters. The van der Waals surface area contributed by atoms with Gasteiger partial charge in [-0.05, 0) is 44.2 Å². The highest BCUT2D eigenvalue weighted by Gasteiger charge is 2.29.